The first-order valence-electron chi connectivity index (χ1n) is 12.8. The van der Waals surface area contributed by atoms with Gasteiger partial charge in [0.2, 0.25) is 5.43 Å². The van der Waals surface area contributed by atoms with Crippen molar-refractivity contribution in [3.63, 3.8) is 0 Å². The fourth-order valence-electron chi connectivity index (χ4n) is 5.45. The summed E-state index contributed by atoms with van der Waals surface area (Å²) in [6.45, 7) is 3.84. The quantitative estimate of drug-likeness (QED) is 0.411. The molecule has 1 aromatic heterocycles. The number of carbonyl (C=O) groups is 1. The number of carboxylic acid groups (broad SMARTS) is 1. The smallest absolute Gasteiger partial charge is 0.341 e. The van der Waals surface area contributed by atoms with E-state index in [0.717, 1.165) is 43.9 Å². The van der Waals surface area contributed by atoms with Crippen molar-refractivity contribution in [2.45, 2.75) is 49.6 Å². The topological polar surface area (TPSA) is 129 Å². The lowest BCUT2D eigenvalue weighted by atomic mass is 9.94. The van der Waals surface area contributed by atoms with Gasteiger partial charge in [-0.05, 0) is 63.3 Å². The minimum atomic E-state index is -4.02. The number of aromatic carboxylic acids is 1. The number of hydrogen-bond donors (Lipinski definition) is 3. The van der Waals surface area contributed by atoms with Crippen molar-refractivity contribution in [2.75, 3.05) is 24.5 Å². The Bertz CT molecular complexity index is 1590. The predicted octanol–water partition coefficient (Wildman–Crippen LogP) is 3.74. The largest absolute Gasteiger partial charge is 0.477 e. The van der Waals surface area contributed by atoms with Crippen LogP contribution in [0.5, 0.6) is 0 Å². The highest BCUT2D eigenvalue weighted by Gasteiger charge is 2.38. The Morgan fingerprint density at radius 3 is 2.38 bits per heavy atom. The van der Waals surface area contributed by atoms with Gasteiger partial charge in [-0.2, -0.15) is 8.42 Å². The molecule has 2 aromatic carbocycles. The number of halogens is 2. The van der Waals surface area contributed by atoms with Crippen LogP contribution in [0.15, 0.2) is 46.2 Å². The summed E-state index contributed by atoms with van der Waals surface area (Å²) >= 11 is 0. The SMILES string of the molecule is Cc1ccc(S(=O)(=O)O)cc1.O=C(O)c1cn(C2CC2)c2c(F)c(N3CC4CCCNC4C3)c(F)cc2c1=O. The molecule has 0 spiro atoms. The van der Waals surface area contributed by atoms with E-state index in [-0.39, 0.29) is 33.6 Å². The molecule has 9 nitrogen and oxygen atoms in total. The molecule has 3 aliphatic rings. The molecular formula is C27H29F2N3O6S. The van der Waals surface area contributed by atoms with Crippen molar-refractivity contribution in [2.24, 2.45) is 5.92 Å². The fourth-order valence-corrected chi connectivity index (χ4v) is 5.93. The molecular weight excluding hydrogens is 532 g/mol. The molecule has 2 aliphatic heterocycles. The van der Waals surface area contributed by atoms with Crippen molar-refractivity contribution < 1.29 is 31.7 Å². The second kappa shape index (κ2) is 10.3. The summed E-state index contributed by atoms with van der Waals surface area (Å²) in [6, 6.07) is 7.15. The Balaban J connectivity index is 0.000000237. The Hall–Kier alpha value is -3.35. The Morgan fingerprint density at radius 1 is 1.10 bits per heavy atom. The molecule has 3 heterocycles. The number of aromatic nitrogens is 1. The van der Waals surface area contributed by atoms with Crippen molar-refractivity contribution in [3.8, 4) is 0 Å². The van der Waals surface area contributed by atoms with E-state index in [1.807, 2.05) is 6.92 Å². The molecule has 2 unspecified atom stereocenters. The fraction of sp³-hybridized carbons (Fsp3) is 0.407. The number of fused-ring (bicyclic) bond motifs is 2. The molecule has 0 amide bonds. The van der Waals surface area contributed by atoms with Gasteiger partial charge in [0.15, 0.2) is 5.82 Å². The zero-order chi connectivity index (χ0) is 28.1. The third-order valence-corrected chi connectivity index (χ3v) is 8.46. The summed E-state index contributed by atoms with van der Waals surface area (Å²) < 4.78 is 61.7. The minimum absolute atomic E-state index is 0.0109. The first-order valence-corrected chi connectivity index (χ1v) is 14.2. The second-order valence-corrected chi connectivity index (χ2v) is 11.8. The van der Waals surface area contributed by atoms with E-state index in [9.17, 15) is 27.5 Å². The molecule has 1 saturated carbocycles. The number of nitrogens with one attached hydrogen (secondary N) is 1. The van der Waals surface area contributed by atoms with E-state index >= 15 is 4.39 Å². The molecule has 3 N–H and O–H groups in total. The van der Waals surface area contributed by atoms with E-state index in [1.165, 1.54) is 22.9 Å². The molecule has 1 aliphatic carbocycles. The number of benzene rings is 2. The number of aryl methyl sites for hydroxylation is 1. The molecule has 2 saturated heterocycles. The van der Waals surface area contributed by atoms with Crippen molar-refractivity contribution in [1.29, 1.82) is 0 Å². The van der Waals surface area contributed by atoms with E-state index in [4.69, 9.17) is 4.55 Å². The maximum Gasteiger partial charge on any atom is 0.341 e. The first kappa shape index (κ1) is 27.2. The van der Waals surface area contributed by atoms with Crippen LogP contribution >= 0.6 is 0 Å². The highest BCUT2D eigenvalue weighted by molar-refractivity contribution is 7.85. The van der Waals surface area contributed by atoms with Gasteiger partial charge >= 0.3 is 5.97 Å². The Morgan fingerprint density at radius 2 is 1.79 bits per heavy atom. The van der Waals surface area contributed by atoms with Crippen LogP contribution in [0.2, 0.25) is 0 Å². The van der Waals surface area contributed by atoms with Gasteiger partial charge in [0.25, 0.3) is 10.1 Å². The summed E-state index contributed by atoms with van der Waals surface area (Å²) in [6.07, 6.45) is 4.85. The van der Waals surface area contributed by atoms with Gasteiger partial charge in [0, 0.05) is 31.4 Å². The van der Waals surface area contributed by atoms with Gasteiger partial charge in [0.1, 0.15) is 17.1 Å². The average molecular weight is 562 g/mol. The molecule has 2 atom stereocenters. The summed E-state index contributed by atoms with van der Waals surface area (Å²) in [5, 5.41) is 12.5. The molecule has 0 bridgehead atoms. The van der Waals surface area contributed by atoms with Crippen molar-refractivity contribution >= 4 is 32.7 Å². The second-order valence-electron chi connectivity index (χ2n) is 10.4. The maximum absolute atomic E-state index is 15.6. The molecule has 208 valence electrons. The highest BCUT2D eigenvalue weighted by Crippen LogP contribution is 2.40. The lowest BCUT2D eigenvalue weighted by Crippen LogP contribution is -2.40. The van der Waals surface area contributed by atoms with E-state index in [0.29, 0.717) is 19.0 Å². The summed E-state index contributed by atoms with van der Waals surface area (Å²) in [5.41, 5.74) is -0.447. The van der Waals surface area contributed by atoms with E-state index < -0.39 is 38.7 Å². The molecule has 3 fully saturated rings. The van der Waals surface area contributed by atoms with Crippen molar-refractivity contribution in [1.82, 2.24) is 9.88 Å². The third-order valence-electron chi connectivity index (χ3n) is 7.59. The van der Waals surface area contributed by atoms with Gasteiger partial charge < -0.3 is 19.9 Å². The summed E-state index contributed by atoms with van der Waals surface area (Å²) in [7, 11) is -4.02. The minimum Gasteiger partial charge on any atom is -0.477 e. The standard InChI is InChI=1S/C20H21F2N3O3.C7H8O3S/c21-14-6-12-17(25(11-3-4-11)8-13(19(12)26)20(27)28)16(22)18(14)24-7-10-2-1-5-23-15(10)9-24;1-6-2-4-7(5-3-6)11(8,9)10/h6,8,10-11,15,23H,1-5,7,9H2,(H,27,28);2-5H,1H3,(H,8,9,10). The molecule has 0 radical (unpaired) electrons. The third kappa shape index (κ3) is 5.41. The van der Waals surface area contributed by atoms with Crippen LogP contribution in [-0.4, -0.2) is 54.3 Å². The van der Waals surface area contributed by atoms with Gasteiger partial charge in [-0.3, -0.25) is 9.35 Å². The monoisotopic (exact) mass is 561 g/mol. The van der Waals surface area contributed by atoms with E-state index in [1.54, 1.807) is 17.0 Å². The predicted molar refractivity (Wildman–Crippen MR) is 141 cm³/mol. The van der Waals surface area contributed by atoms with Gasteiger partial charge in [-0.1, -0.05) is 17.7 Å². The number of piperidine rings is 1. The van der Waals surface area contributed by atoms with Gasteiger partial charge in [-0.15, -0.1) is 0 Å². The Labute approximate surface area is 223 Å². The summed E-state index contributed by atoms with van der Waals surface area (Å²) in [5.74, 6) is -2.62. The van der Waals surface area contributed by atoms with Crippen LogP contribution in [0.1, 0.15) is 47.6 Å². The van der Waals surface area contributed by atoms with E-state index in [2.05, 4.69) is 5.32 Å². The number of carboxylic acids is 1. The van der Waals surface area contributed by atoms with Gasteiger partial charge in [-0.25, -0.2) is 13.6 Å². The molecule has 12 heteroatoms. The molecule has 39 heavy (non-hydrogen) atoms. The number of anilines is 1. The van der Waals surface area contributed by atoms with Crippen LogP contribution in [-0.2, 0) is 10.1 Å². The number of pyridine rings is 1. The number of nitrogens with zero attached hydrogens (tertiary/aromatic N) is 2. The van der Waals surface area contributed by atoms with Gasteiger partial charge in [0.05, 0.1) is 15.8 Å². The van der Waals surface area contributed by atoms with Crippen LogP contribution in [0.3, 0.4) is 0 Å². The lowest BCUT2D eigenvalue weighted by Gasteiger charge is -2.24. The molecule has 6 rings (SSSR count). The zero-order valence-corrected chi connectivity index (χ0v) is 22.0. The molecule has 3 aromatic rings. The van der Waals surface area contributed by atoms with Crippen LogP contribution in [0.4, 0.5) is 14.5 Å². The maximum atomic E-state index is 15.6. The highest BCUT2D eigenvalue weighted by atomic mass is 32.2. The average Bonchev–Trinajstić information content (AvgIpc) is 3.63. The van der Waals surface area contributed by atoms with Crippen LogP contribution < -0.4 is 15.6 Å². The Kier molecular flexibility index (Phi) is 7.21. The zero-order valence-electron chi connectivity index (χ0n) is 21.2. The normalized spacial score (nSPS) is 20.9. The summed E-state index contributed by atoms with van der Waals surface area (Å²) in [4.78, 5) is 25.7. The van der Waals surface area contributed by atoms with Crippen LogP contribution in [0.25, 0.3) is 10.9 Å². The van der Waals surface area contributed by atoms with Crippen molar-refractivity contribution in [3.05, 3.63) is 69.5 Å². The number of hydrogen-bond acceptors (Lipinski definition) is 6. The lowest BCUT2D eigenvalue weighted by molar-refractivity contribution is 0.0694. The van der Waals surface area contributed by atoms with Crippen LogP contribution in [0, 0.1) is 24.5 Å². The first-order chi connectivity index (χ1) is 18.5. The number of rotatable bonds is 4.